The minimum absolute atomic E-state index is 0.0593. The van der Waals surface area contributed by atoms with Crippen molar-refractivity contribution in [2.75, 3.05) is 6.61 Å². The summed E-state index contributed by atoms with van der Waals surface area (Å²) in [5.41, 5.74) is 2.22. The normalized spacial score (nSPS) is 15.1. The summed E-state index contributed by atoms with van der Waals surface area (Å²) in [5.74, 6) is 0.421. The van der Waals surface area contributed by atoms with Gasteiger partial charge in [0, 0.05) is 12.6 Å². The Morgan fingerprint density at radius 3 is 2.28 bits per heavy atom. The quantitative estimate of drug-likeness (QED) is 0.577. The molecule has 0 spiro atoms. The Bertz CT molecular complexity index is 845. The first-order chi connectivity index (χ1) is 15.6. The van der Waals surface area contributed by atoms with E-state index < -0.39 is 6.04 Å². The first-order valence-corrected chi connectivity index (χ1v) is 12.0. The van der Waals surface area contributed by atoms with Crippen molar-refractivity contribution in [1.29, 1.82) is 0 Å². The summed E-state index contributed by atoms with van der Waals surface area (Å²) in [4.78, 5) is 28.1. The lowest BCUT2D eigenvalue weighted by Gasteiger charge is -2.32. The van der Waals surface area contributed by atoms with Crippen LogP contribution in [0.3, 0.4) is 0 Å². The lowest BCUT2D eigenvalue weighted by molar-refractivity contribution is -0.143. The summed E-state index contributed by atoms with van der Waals surface area (Å²) >= 11 is 0. The van der Waals surface area contributed by atoms with Gasteiger partial charge < -0.3 is 15.0 Å². The number of rotatable bonds is 10. The first kappa shape index (κ1) is 23.8. The van der Waals surface area contributed by atoms with Gasteiger partial charge in [-0.15, -0.1) is 0 Å². The summed E-state index contributed by atoms with van der Waals surface area (Å²) in [6, 6.07) is 17.3. The second kappa shape index (κ2) is 12.3. The SMILES string of the molecule is CCc1ccc(OCC(=O)N(Cc2ccccc2)C(CC)C(=O)NC2CCCCC2)cc1. The molecule has 1 aliphatic carbocycles. The van der Waals surface area contributed by atoms with E-state index in [1.54, 1.807) is 4.90 Å². The van der Waals surface area contributed by atoms with E-state index in [4.69, 9.17) is 4.74 Å². The fourth-order valence-electron chi connectivity index (χ4n) is 4.29. The number of aryl methyl sites for hydroxylation is 1. The Morgan fingerprint density at radius 2 is 1.66 bits per heavy atom. The third-order valence-corrected chi connectivity index (χ3v) is 6.23. The van der Waals surface area contributed by atoms with Crippen molar-refractivity contribution in [1.82, 2.24) is 10.2 Å². The van der Waals surface area contributed by atoms with Crippen LogP contribution in [-0.4, -0.2) is 35.4 Å². The van der Waals surface area contributed by atoms with Gasteiger partial charge in [-0.05, 0) is 48.9 Å². The Hall–Kier alpha value is -2.82. The van der Waals surface area contributed by atoms with Gasteiger partial charge in [-0.1, -0.05) is 75.6 Å². The van der Waals surface area contributed by atoms with E-state index in [-0.39, 0.29) is 24.5 Å². The maximum absolute atomic E-state index is 13.3. The van der Waals surface area contributed by atoms with Crippen molar-refractivity contribution in [3.05, 3.63) is 65.7 Å². The van der Waals surface area contributed by atoms with Crippen molar-refractivity contribution in [3.8, 4) is 5.75 Å². The smallest absolute Gasteiger partial charge is 0.261 e. The molecule has 32 heavy (non-hydrogen) atoms. The molecule has 1 aliphatic rings. The van der Waals surface area contributed by atoms with Crippen LogP contribution >= 0.6 is 0 Å². The van der Waals surface area contributed by atoms with Crippen LogP contribution in [0.25, 0.3) is 0 Å². The summed E-state index contributed by atoms with van der Waals surface area (Å²) in [7, 11) is 0. The molecular weight excluding hydrogens is 400 g/mol. The average Bonchev–Trinajstić information content (AvgIpc) is 2.84. The van der Waals surface area contributed by atoms with E-state index in [2.05, 4.69) is 12.2 Å². The first-order valence-electron chi connectivity index (χ1n) is 12.0. The highest BCUT2D eigenvalue weighted by Gasteiger charge is 2.30. The molecular formula is C27H36N2O3. The van der Waals surface area contributed by atoms with Gasteiger partial charge in [0.2, 0.25) is 5.91 Å². The molecule has 2 aromatic carbocycles. The topological polar surface area (TPSA) is 58.6 Å². The molecule has 0 heterocycles. The van der Waals surface area contributed by atoms with Crippen LogP contribution < -0.4 is 10.1 Å². The van der Waals surface area contributed by atoms with Crippen LogP contribution in [-0.2, 0) is 22.6 Å². The molecule has 1 N–H and O–H groups in total. The second-order valence-electron chi connectivity index (χ2n) is 8.56. The van der Waals surface area contributed by atoms with Gasteiger partial charge in [-0.2, -0.15) is 0 Å². The van der Waals surface area contributed by atoms with Crippen molar-refractivity contribution < 1.29 is 14.3 Å². The van der Waals surface area contributed by atoms with Gasteiger partial charge in [0.05, 0.1) is 0 Å². The molecule has 1 atom stereocenters. The predicted octanol–water partition coefficient (Wildman–Crippen LogP) is 4.88. The largest absolute Gasteiger partial charge is 0.484 e. The van der Waals surface area contributed by atoms with Gasteiger partial charge in [-0.25, -0.2) is 0 Å². The molecule has 1 unspecified atom stereocenters. The van der Waals surface area contributed by atoms with Crippen LogP contribution in [0.4, 0.5) is 0 Å². The third-order valence-electron chi connectivity index (χ3n) is 6.23. The molecule has 5 nitrogen and oxygen atoms in total. The highest BCUT2D eigenvalue weighted by molar-refractivity contribution is 5.88. The van der Waals surface area contributed by atoms with Gasteiger partial charge >= 0.3 is 0 Å². The Kier molecular flexibility index (Phi) is 9.14. The number of benzene rings is 2. The minimum atomic E-state index is -0.518. The highest BCUT2D eigenvalue weighted by atomic mass is 16.5. The molecule has 5 heteroatoms. The maximum Gasteiger partial charge on any atom is 0.261 e. The fraction of sp³-hybridized carbons (Fsp3) is 0.481. The summed E-state index contributed by atoms with van der Waals surface area (Å²) < 4.78 is 5.79. The number of carbonyl (C=O) groups is 2. The van der Waals surface area contributed by atoms with Crippen LogP contribution in [0.2, 0.25) is 0 Å². The molecule has 1 fully saturated rings. The zero-order valence-electron chi connectivity index (χ0n) is 19.4. The molecule has 3 rings (SSSR count). The molecule has 172 valence electrons. The van der Waals surface area contributed by atoms with Crippen LogP contribution in [0.15, 0.2) is 54.6 Å². The van der Waals surface area contributed by atoms with E-state index >= 15 is 0 Å². The number of hydrogen-bond acceptors (Lipinski definition) is 3. The Labute approximate surface area is 192 Å². The number of carbonyl (C=O) groups excluding carboxylic acids is 2. The summed E-state index contributed by atoms with van der Waals surface area (Å²) in [6.45, 7) is 4.35. The van der Waals surface area contributed by atoms with E-state index in [9.17, 15) is 9.59 Å². The Balaban J connectivity index is 1.71. The van der Waals surface area contributed by atoms with E-state index in [0.717, 1.165) is 37.7 Å². The monoisotopic (exact) mass is 436 g/mol. The molecule has 0 aliphatic heterocycles. The van der Waals surface area contributed by atoms with Crippen LogP contribution in [0, 0.1) is 0 Å². The van der Waals surface area contributed by atoms with Crippen molar-refractivity contribution in [3.63, 3.8) is 0 Å². The molecule has 0 saturated heterocycles. The van der Waals surface area contributed by atoms with Gasteiger partial charge in [-0.3, -0.25) is 9.59 Å². The van der Waals surface area contributed by atoms with Gasteiger partial charge in [0.1, 0.15) is 11.8 Å². The van der Waals surface area contributed by atoms with Gasteiger partial charge in [0.15, 0.2) is 6.61 Å². The van der Waals surface area contributed by atoms with E-state index in [1.807, 2.05) is 61.5 Å². The molecule has 1 saturated carbocycles. The minimum Gasteiger partial charge on any atom is -0.484 e. The Morgan fingerprint density at radius 1 is 0.969 bits per heavy atom. The lowest BCUT2D eigenvalue weighted by Crippen LogP contribution is -2.52. The van der Waals surface area contributed by atoms with Crippen LogP contribution in [0.5, 0.6) is 5.75 Å². The zero-order chi connectivity index (χ0) is 22.8. The highest BCUT2D eigenvalue weighted by Crippen LogP contribution is 2.19. The second-order valence-corrected chi connectivity index (χ2v) is 8.56. The summed E-state index contributed by atoms with van der Waals surface area (Å²) in [6.07, 6.45) is 7.09. The molecule has 0 bridgehead atoms. The summed E-state index contributed by atoms with van der Waals surface area (Å²) in [5, 5.41) is 3.20. The molecule has 0 radical (unpaired) electrons. The fourth-order valence-corrected chi connectivity index (χ4v) is 4.29. The number of nitrogens with zero attached hydrogens (tertiary/aromatic N) is 1. The zero-order valence-corrected chi connectivity index (χ0v) is 19.4. The van der Waals surface area contributed by atoms with Crippen molar-refractivity contribution in [2.24, 2.45) is 0 Å². The van der Waals surface area contributed by atoms with Crippen molar-refractivity contribution in [2.45, 2.75) is 77.4 Å². The van der Waals surface area contributed by atoms with E-state index in [1.165, 1.54) is 12.0 Å². The van der Waals surface area contributed by atoms with Crippen LogP contribution in [0.1, 0.15) is 63.5 Å². The molecule has 0 aromatic heterocycles. The molecule has 2 aromatic rings. The number of ether oxygens (including phenoxy) is 1. The molecule has 2 amide bonds. The lowest BCUT2D eigenvalue weighted by atomic mass is 9.95. The predicted molar refractivity (Wildman–Crippen MR) is 127 cm³/mol. The third kappa shape index (κ3) is 6.84. The standard InChI is InChI=1S/C27H36N2O3/c1-3-21-15-17-24(18-16-21)32-20-26(30)29(19-22-11-7-5-8-12-22)25(4-2)27(31)28-23-13-9-6-10-14-23/h5,7-8,11-12,15-18,23,25H,3-4,6,9-10,13-14,19-20H2,1-2H3,(H,28,31). The maximum atomic E-state index is 13.3. The average molecular weight is 437 g/mol. The number of amides is 2. The number of hydrogen-bond donors (Lipinski definition) is 1. The number of nitrogens with one attached hydrogen (secondary N) is 1. The van der Waals surface area contributed by atoms with Gasteiger partial charge in [0.25, 0.3) is 5.91 Å². The van der Waals surface area contributed by atoms with E-state index in [0.29, 0.717) is 18.7 Å². The van der Waals surface area contributed by atoms with Crippen molar-refractivity contribution >= 4 is 11.8 Å².